The van der Waals surface area contributed by atoms with Crippen LogP contribution in [0.2, 0.25) is 0 Å². The van der Waals surface area contributed by atoms with Crippen molar-refractivity contribution in [3.63, 3.8) is 0 Å². The second-order valence-corrected chi connectivity index (χ2v) is 5.78. The first-order valence-electron chi connectivity index (χ1n) is 7.82. The maximum atomic E-state index is 12.4. The molecule has 26 heavy (non-hydrogen) atoms. The quantitative estimate of drug-likeness (QED) is 0.367. The predicted molar refractivity (Wildman–Crippen MR) is 96.6 cm³/mol. The van der Waals surface area contributed by atoms with Crippen molar-refractivity contribution < 1.29 is 14.5 Å². The molecule has 2 rings (SSSR count). The van der Waals surface area contributed by atoms with Crippen molar-refractivity contribution in [1.29, 1.82) is 0 Å². The number of anilines is 1. The van der Waals surface area contributed by atoms with Crippen LogP contribution in [0.4, 0.5) is 17.1 Å². The minimum absolute atomic E-state index is 0.0180. The number of hydrogen-bond acceptors (Lipinski definition) is 6. The summed E-state index contributed by atoms with van der Waals surface area (Å²) in [5, 5.41) is 21.3. The predicted octanol–water partition coefficient (Wildman–Crippen LogP) is 3.89. The van der Waals surface area contributed by atoms with Crippen LogP contribution >= 0.6 is 0 Å². The average molecular weight is 354 g/mol. The Labute approximate surface area is 150 Å². The van der Waals surface area contributed by atoms with Crippen LogP contribution in [0.25, 0.3) is 0 Å². The zero-order valence-electron chi connectivity index (χ0n) is 14.6. The normalized spacial score (nSPS) is 12.0. The van der Waals surface area contributed by atoms with Gasteiger partial charge in [0.25, 0.3) is 11.6 Å². The Morgan fingerprint density at radius 2 is 1.85 bits per heavy atom. The third kappa shape index (κ3) is 4.56. The number of azo groups is 1. The highest BCUT2D eigenvalue weighted by Gasteiger charge is 2.24. The van der Waals surface area contributed by atoms with Crippen LogP contribution in [0.3, 0.4) is 0 Å². The summed E-state index contributed by atoms with van der Waals surface area (Å²) in [6.45, 7) is 4.74. The van der Waals surface area contributed by atoms with Crippen LogP contribution in [0.15, 0.2) is 52.7 Å². The molecule has 0 aliphatic heterocycles. The van der Waals surface area contributed by atoms with E-state index in [-0.39, 0.29) is 11.4 Å². The highest BCUT2D eigenvalue weighted by atomic mass is 16.6. The van der Waals surface area contributed by atoms with E-state index in [4.69, 9.17) is 0 Å². The first-order valence-corrected chi connectivity index (χ1v) is 7.82. The minimum Gasteiger partial charge on any atom is -0.324 e. The standard InChI is InChI=1S/C18H18N4O4/c1-11-8-9-15(16(10-11)22(25)26)20-21-17(13(3)23)18(24)19-14-7-5-4-6-12(14)2/h4-10,17H,1-3H3,(H,19,24)/t17-/m0/s1. The van der Waals surface area contributed by atoms with E-state index in [0.29, 0.717) is 11.3 Å². The number of ketones is 1. The number of carbonyl (C=O) groups is 2. The topological polar surface area (TPSA) is 114 Å². The SMILES string of the molecule is CC(=O)[C@H](N=Nc1ccc(C)cc1[N+](=O)[O-])C(=O)Nc1ccccc1C. The first-order chi connectivity index (χ1) is 12.3. The molecule has 0 bridgehead atoms. The summed E-state index contributed by atoms with van der Waals surface area (Å²) >= 11 is 0. The van der Waals surface area contributed by atoms with Crippen molar-refractivity contribution in [3.8, 4) is 0 Å². The number of para-hydroxylation sites is 1. The zero-order chi connectivity index (χ0) is 19.3. The Hall–Kier alpha value is -3.42. The van der Waals surface area contributed by atoms with Gasteiger partial charge in [-0.2, -0.15) is 5.11 Å². The molecule has 0 unspecified atom stereocenters. The Kier molecular flexibility index (Phi) is 5.90. The van der Waals surface area contributed by atoms with Gasteiger partial charge in [-0.15, -0.1) is 5.11 Å². The van der Waals surface area contributed by atoms with Crippen LogP contribution in [-0.4, -0.2) is 22.7 Å². The lowest BCUT2D eigenvalue weighted by Gasteiger charge is -2.11. The number of nitrogens with one attached hydrogen (secondary N) is 1. The van der Waals surface area contributed by atoms with Gasteiger partial charge in [0.1, 0.15) is 0 Å². The Morgan fingerprint density at radius 3 is 2.46 bits per heavy atom. The van der Waals surface area contributed by atoms with Gasteiger partial charge in [-0.1, -0.05) is 24.3 Å². The van der Waals surface area contributed by atoms with Crippen LogP contribution in [0, 0.1) is 24.0 Å². The minimum atomic E-state index is -1.39. The Balaban J connectivity index is 2.27. The number of benzene rings is 2. The fourth-order valence-electron chi connectivity index (χ4n) is 2.22. The lowest BCUT2D eigenvalue weighted by atomic mass is 10.1. The summed E-state index contributed by atoms with van der Waals surface area (Å²) in [5.74, 6) is -1.17. The van der Waals surface area contributed by atoms with Crippen molar-refractivity contribution in [1.82, 2.24) is 0 Å². The number of nitro benzene ring substituents is 1. The van der Waals surface area contributed by atoms with Gasteiger partial charge in [0.05, 0.1) is 4.92 Å². The molecule has 2 aromatic rings. The molecule has 0 radical (unpaired) electrons. The maximum absolute atomic E-state index is 12.4. The highest BCUT2D eigenvalue weighted by molar-refractivity contribution is 6.10. The molecular formula is C18H18N4O4. The molecule has 0 aromatic heterocycles. The van der Waals surface area contributed by atoms with E-state index < -0.39 is 22.7 Å². The Bertz CT molecular complexity index is 893. The van der Waals surface area contributed by atoms with Gasteiger partial charge in [0.2, 0.25) is 6.04 Å². The molecule has 0 aliphatic carbocycles. The summed E-state index contributed by atoms with van der Waals surface area (Å²) < 4.78 is 0. The van der Waals surface area contributed by atoms with E-state index in [2.05, 4.69) is 15.5 Å². The fraction of sp³-hybridized carbons (Fsp3) is 0.222. The zero-order valence-corrected chi connectivity index (χ0v) is 14.6. The molecule has 1 N–H and O–H groups in total. The molecule has 8 nitrogen and oxygen atoms in total. The van der Waals surface area contributed by atoms with E-state index in [9.17, 15) is 19.7 Å². The summed E-state index contributed by atoms with van der Waals surface area (Å²) in [4.78, 5) is 34.7. The van der Waals surface area contributed by atoms with Gasteiger partial charge in [-0.25, -0.2) is 0 Å². The highest BCUT2D eigenvalue weighted by Crippen LogP contribution is 2.28. The molecule has 134 valence electrons. The second-order valence-electron chi connectivity index (χ2n) is 5.78. The maximum Gasteiger partial charge on any atom is 0.296 e. The molecule has 0 saturated carbocycles. The molecule has 1 amide bonds. The molecule has 8 heteroatoms. The fourth-order valence-corrected chi connectivity index (χ4v) is 2.22. The lowest BCUT2D eigenvalue weighted by Crippen LogP contribution is -2.32. The lowest BCUT2D eigenvalue weighted by molar-refractivity contribution is -0.384. The molecule has 0 spiro atoms. The number of nitro groups is 1. The number of hydrogen-bond donors (Lipinski definition) is 1. The third-order valence-electron chi connectivity index (χ3n) is 3.64. The first kappa shape index (κ1) is 18.9. The van der Waals surface area contributed by atoms with E-state index in [1.807, 2.05) is 19.1 Å². The monoisotopic (exact) mass is 354 g/mol. The van der Waals surface area contributed by atoms with E-state index in [0.717, 1.165) is 5.56 Å². The average Bonchev–Trinajstić information content (AvgIpc) is 2.57. The molecule has 0 fully saturated rings. The number of nitrogens with zero attached hydrogens (tertiary/aromatic N) is 3. The van der Waals surface area contributed by atoms with Crippen molar-refractivity contribution in [2.45, 2.75) is 26.8 Å². The Morgan fingerprint density at radius 1 is 1.15 bits per heavy atom. The molecule has 0 aliphatic rings. The summed E-state index contributed by atoms with van der Waals surface area (Å²) in [7, 11) is 0. The van der Waals surface area contributed by atoms with Crippen LogP contribution in [0.5, 0.6) is 0 Å². The van der Waals surface area contributed by atoms with Gasteiger partial charge in [-0.3, -0.25) is 19.7 Å². The smallest absolute Gasteiger partial charge is 0.296 e. The second kappa shape index (κ2) is 8.11. The van der Waals surface area contributed by atoms with E-state index in [1.165, 1.54) is 19.1 Å². The van der Waals surface area contributed by atoms with Gasteiger partial charge in [0, 0.05) is 11.8 Å². The molecular weight excluding hydrogens is 336 g/mol. The van der Waals surface area contributed by atoms with E-state index in [1.54, 1.807) is 25.1 Å². The van der Waals surface area contributed by atoms with Gasteiger partial charge >= 0.3 is 0 Å². The summed E-state index contributed by atoms with van der Waals surface area (Å²) in [6.07, 6.45) is 0. The number of aryl methyl sites for hydroxylation is 2. The third-order valence-corrected chi connectivity index (χ3v) is 3.64. The summed E-state index contributed by atoms with van der Waals surface area (Å²) in [6, 6.07) is 10.1. The van der Waals surface area contributed by atoms with Gasteiger partial charge < -0.3 is 5.32 Å². The molecule has 0 saturated heterocycles. The number of rotatable bonds is 6. The van der Waals surface area contributed by atoms with Gasteiger partial charge in [-0.05, 0) is 44.0 Å². The number of amides is 1. The molecule has 1 atom stereocenters. The van der Waals surface area contributed by atoms with Crippen LogP contribution in [-0.2, 0) is 9.59 Å². The molecule has 2 aromatic carbocycles. The number of Topliss-reactive ketones (excluding diaryl/α,β-unsaturated/α-hetero) is 1. The number of carbonyl (C=O) groups excluding carboxylic acids is 2. The van der Waals surface area contributed by atoms with Crippen molar-refractivity contribution >= 4 is 28.8 Å². The van der Waals surface area contributed by atoms with Crippen LogP contribution < -0.4 is 5.32 Å². The largest absolute Gasteiger partial charge is 0.324 e. The van der Waals surface area contributed by atoms with E-state index >= 15 is 0 Å². The van der Waals surface area contributed by atoms with Crippen LogP contribution in [0.1, 0.15) is 18.1 Å². The van der Waals surface area contributed by atoms with Crippen molar-refractivity contribution in [2.75, 3.05) is 5.32 Å². The van der Waals surface area contributed by atoms with Crippen molar-refractivity contribution in [2.24, 2.45) is 10.2 Å². The van der Waals surface area contributed by atoms with Gasteiger partial charge in [0.15, 0.2) is 11.5 Å². The van der Waals surface area contributed by atoms with Crippen molar-refractivity contribution in [3.05, 3.63) is 63.7 Å². The summed E-state index contributed by atoms with van der Waals surface area (Å²) in [5.41, 5.74) is 1.82. The molecule has 0 heterocycles.